The second-order valence-electron chi connectivity index (χ2n) is 6.31. The van der Waals surface area contributed by atoms with E-state index in [1.54, 1.807) is 18.2 Å². The van der Waals surface area contributed by atoms with E-state index < -0.39 is 5.56 Å². The van der Waals surface area contributed by atoms with Gasteiger partial charge >= 0.3 is 0 Å². The number of rotatable bonds is 8. The maximum absolute atomic E-state index is 12.2. The Balaban J connectivity index is 1.83. The molecule has 1 aliphatic rings. The lowest BCUT2D eigenvalue weighted by atomic mass is 10.1. The van der Waals surface area contributed by atoms with E-state index in [-0.39, 0.29) is 5.56 Å². The van der Waals surface area contributed by atoms with E-state index in [1.807, 2.05) is 19.2 Å². The van der Waals surface area contributed by atoms with Crippen LogP contribution in [0.25, 0.3) is 11.3 Å². The van der Waals surface area contributed by atoms with E-state index in [1.165, 1.54) is 11.8 Å². The number of hydrogen-bond acceptors (Lipinski definition) is 8. The van der Waals surface area contributed by atoms with Crippen molar-refractivity contribution in [3.05, 3.63) is 34.1 Å². The molecule has 1 aromatic heterocycles. The normalized spacial score (nSPS) is 14.4. The molecule has 0 atom stereocenters. The lowest BCUT2D eigenvalue weighted by Gasteiger charge is -2.26. The molecule has 1 aromatic carbocycles. The van der Waals surface area contributed by atoms with Gasteiger partial charge in [-0.2, -0.15) is 5.26 Å². The number of hydrogen-bond donors (Lipinski definition) is 1. The molecule has 0 spiro atoms. The van der Waals surface area contributed by atoms with Crippen molar-refractivity contribution in [3.63, 3.8) is 0 Å². The summed E-state index contributed by atoms with van der Waals surface area (Å²) in [5.74, 6) is 1.18. The molecule has 3 rings (SSSR count). The van der Waals surface area contributed by atoms with Gasteiger partial charge in [0.05, 0.1) is 25.5 Å². The monoisotopic (exact) mass is 416 g/mol. The first-order valence-electron chi connectivity index (χ1n) is 9.44. The van der Waals surface area contributed by atoms with Crippen molar-refractivity contribution in [1.29, 1.82) is 5.26 Å². The zero-order valence-corrected chi connectivity index (χ0v) is 17.4. The van der Waals surface area contributed by atoms with Crippen LogP contribution in [0.1, 0.15) is 12.5 Å². The van der Waals surface area contributed by atoms with Crippen LogP contribution in [0, 0.1) is 11.3 Å². The summed E-state index contributed by atoms with van der Waals surface area (Å²) >= 11 is 1.31. The Hall–Kier alpha value is -2.54. The third kappa shape index (κ3) is 5.29. The summed E-state index contributed by atoms with van der Waals surface area (Å²) in [4.78, 5) is 21.5. The van der Waals surface area contributed by atoms with E-state index in [0.29, 0.717) is 41.1 Å². The van der Waals surface area contributed by atoms with Crippen molar-refractivity contribution < 1.29 is 14.2 Å². The highest BCUT2D eigenvalue weighted by Crippen LogP contribution is 2.33. The molecule has 0 aliphatic carbocycles. The smallest absolute Gasteiger partial charge is 0.270 e. The van der Waals surface area contributed by atoms with Gasteiger partial charge in [0.2, 0.25) is 0 Å². The topological polar surface area (TPSA) is 100 Å². The van der Waals surface area contributed by atoms with Gasteiger partial charge in [-0.25, -0.2) is 4.98 Å². The fraction of sp³-hybridized carbons (Fsp3) is 0.450. The highest BCUT2D eigenvalue weighted by atomic mass is 32.2. The lowest BCUT2D eigenvalue weighted by Crippen LogP contribution is -2.38. The minimum atomic E-state index is -0.453. The molecule has 1 saturated heterocycles. The van der Waals surface area contributed by atoms with Crippen molar-refractivity contribution >= 4 is 11.8 Å². The highest BCUT2D eigenvalue weighted by Gasteiger charge is 2.16. The summed E-state index contributed by atoms with van der Waals surface area (Å²) in [6, 6.07) is 7.30. The summed E-state index contributed by atoms with van der Waals surface area (Å²) in [6.45, 7) is 7.01. The molecule has 1 aliphatic heterocycles. The van der Waals surface area contributed by atoms with Crippen LogP contribution in [0.3, 0.4) is 0 Å². The molecule has 2 heterocycles. The van der Waals surface area contributed by atoms with E-state index in [0.717, 1.165) is 32.8 Å². The summed E-state index contributed by atoms with van der Waals surface area (Å²) in [7, 11) is 0. The second-order valence-corrected chi connectivity index (χ2v) is 7.10. The van der Waals surface area contributed by atoms with Crippen molar-refractivity contribution in [2.24, 2.45) is 0 Å². The van der Waals surface area contributed by atoms with E-state index in [9.17, 15) is 10.1 Å². The molecule has 0 radical (unpaired) electrons. The minimum absolute atomic E-state index is 0.0220. The third-order valence-electron chi connectivity index (χ3n) is 4.49. The molecule has 2 aromatic rings. The molecular weight excluding hydrogens is 392 g/mol. The first kappa shape index (κ1) is 21.2. The standard InChI is InChI=1S/C20H24N4O4S/c1-3-27-17-12-14(18-15(13-21)19(25)23-20(22-18)29-2)4-5-16(17)28-11-8-24-6-9-26-10-7-24/h4-5,12H,3,6-11H2,1-2H3,(H,22,23,25). The summed E-state index contributed by atoms with van der Waals surface area (Å²) < 4.78 is 17.0. The Morgan fingerprint density at radius 2 is 2.10 bits per heavy atom. The molecule has 0 unspecified atom stereocenters. The number of thioether (sulfide) groups is 1. The van der Waals surface area contributed by atoms with Crippen molar-refractivity contribution in [2.45, 2.75) is 12.1 Å². The van der Waals surface area contributed by atoms with E-state index in [4.69, 9.17) is 14.2 Å². The van der Waals surface area contributed by atoms with Crippen LogP contribution in [0.4, 0.5) is 0 Å². The second kappa shape index (κ2) is 10.3. The quantitative estimate of drug-likeness (QED) is 0.516. The lowest BCUT2D eigenvalue weighted by molar-refractivity contribution is 0.0321. The number of aromatic nitrogens is 2. The van der Waals surface area contributed by atoms with Crippen molar-refractivity contribution in [3.8, 4) is 28.8 Å². The van der Waals surface area contributed by atoms with Crippen LogP contribution in [0.2, 0.25) is 0 Å². The molecule has 154 valence electrons. The van der Waals surface area contributed by atoms with Crippen molar-refractivity contribution in [1.82, 2.24) is 14.9 Å². The first-order valence-corrected chi connectivity index (χ1v) is 10.7. The van der Waals surface area contributed by atoms with Crippen LogP contribution in [-0.2, 0) is 4.74 Å². The zero-order valence-electron chi connectivity index (χ0n) is 16.6. The Bertz CT molecular complexity index is 935. The van der Waals surface area contributed by atoms with Gasteiger partial charge in [-0.3, -0.25) is 9.69 Å². The van der Waals surface area contributed by atoms with Gasteiger partial charge in [-0.1, -0.05) is 11.8 Å². The fourth-order valence-corrected chi connectivity index (χ4v) is 3.39. The Kier molecular flexibility index (Phi) is 7.52. The largest absolute Gasteiger partial charge is 0.490 e. The molecular formula is C20H24N4O4S. The third-order valence-corrected chi connectivity index (χ3v) is 5.07. The number of aromatic amines is 1. The predicted octanol–water partition coefficient (Wildman–Crippen LogP) is 2.14. The number of benzene rings is 1. The summed E-state index contributed by atoms with van der Waals surface area (Å²) in [6.07, 6.45) is 1.81. The minimum Gasteiger partial charge on any atom is -0.490 e. The number of H-pyrrole nitrogens is 1. The van der Waals surface area contributed by atoms with Gasteiger partial charge in [0.15, 0.2) is 16.7 Å². The SMILES string of the molecule is CCOc1cc(-c2nc(SC)[nH]c(=O)c2C#N)ccc1OCCN1CCOCC1. The Morgan fingerprint density at radius 1 is 1.31 bits per heavy atom. The first-order chi connectivity index (χ1) is 14.2. The number of nitrogens with one attached hydrogen (secondary N) is 1. The summed E-state index contributed by atoms with van der Waals surface area (Å²) in [5, 5.41) is 9.86. The van der Waals surface area contributed by atoms with Crippen LogP contribution in [0.5, 0.6) is 11.5 Å². The van der Waals surface area contributed by atoms with Gasteiger partial charge in [0.1, 0.15) is 18.2 Å². The molecule has 1 fully saturated rings. The number of morpholine rings is 1. The van der Waals surface area contributed by atoms with Crippen LogP contribution in [0.15, 0.2) is 28.2 Å². The Labute approximate surface area is 173 Å². The van der Waals surface area contributed by atoms with E-state index >= 15 is 0 Å². The van der Waals surface area contributed by atoms with Gasteiger partial charge < -0.3 is 19.2 Å². The molecule has 1 N–H and O–H groups in total. The average molecular weight is 417 g/mol. The van der Waals surface area contributed by atoms with Gasteiger partial charge in [-0.15, -0.1) is 0 Å². The van der Waals surface area contributed by atoms with E-state index in [2.05, 4.69) is 14.9 Å². The predicted molar refractivity (Wildman–Crippen MR) is 111 cm³/mol. The summed E-state index contributed by atoms with van der Waals surface area (Å²) in [5.41, 5.74) is 0.491. The molecule has 0 amide bonds. The number of ether oxygens (including phenoxy) is 3. The molecule has 29 heavy (non-hydrogen) atoms. The average Bonchev–Trinajstić information content (AvgIpc) is 2.75. The molecule has 9 heteroatoms. The fourth-order valence-electron chi connectivity index (χ4n) is 3.01. The highest BCUT2D eigenvalue weighted by molar-refractivity contribution is 7.98. The van der Waals surface area contributed by atoms with Gasteiger partial charge in [-0.05, 0) is 31.4 Å². The van der Waals surface area contributed by atoms with Crippen molar-refractivity contribution in [2.75, 3.05) is 52.3 Å². The molecule has 0 bridgehead atoms. The maximum Gasteiger partial charge on any atom is 0.270 e. The van der Waals surface area contributed by atoms with Crippen LogP contribution in [-0.4, -0.2) is 67.2 Å². The Morgan fingerprint density at radius 3 is 2.79 bits per heavy atom. The zero-order chi connectivity index (χ0) is 20.6. The molecule has 8 nitrogen and oxygen atoms in total. The van der Waals surface area contributed by atoms with Crippen LogP contribution >= 0.6 is 11.8 Å². The van der Waals surface area contributed by atoms with Gasteiger partial charge in [0.25, 0.3) is 5.56 Å². The number of nitriles is 1. The van der Waals surface area contributed by atoms with Crippen LogP contribution < -0.4 is 15.0 Å². The van der Waals surface area contributed by atoms with Gasteiger partial charge in [0, 0.05) is 25.2 Å². The molecule has 0 saturated carbocycles. The maximum atomic E-state index is 12.2. The number of nitrogens with zero attached hydrogens (tertiary/aromatic N) is 3.